The van der Waals surface area contributed by atoms with Crippen LogP contribution in [-0.4, -0.2) is 19.5 Å². The highest BCUT2D eigenvalue weighted by Crippen LogP contribution is 2.23. The predicted octanol–water partition coefficient (Wildman–Crippen LogP) is 3.07. The molecule has 2 aromatic carbocycles. The Hall–Kier alpha value is -2.34. The quantitative estimate of drug-likeness (QED) is 0.857. The van der Waals surface area contributed by atoms with Gasteiger partial charge in [-0.25, -0.2) is 8.42 Å². The number of aliphatic carboxylic acids is 1. The van der Waals surface area contributed by atoms with Crippen molar-refractivity contribution in [2.45, 2.75) is 24.2 Å². The van der Waals surface area contributed by atoms with E-state index in [1.807, 2.05) is 0 Å². The van der Waals surface area contributed by atoms with Crippen LogP contribution in [0.25, 0.3) is 0 Å². The van der Waals surface area contributed by atoms with Gasteiger partial charge in [-0.15, -0.1) is 0 Å². The van der Waals surface area contributed by atoms with Crippen molar-refractivity contribution >= 4 is 21.7 Å². The van der Waals surface area contributed by atoms with Crippen molar-refractivity contribution in [3.8, 4) is 0 Å². The molecule has 1 unspecified atom stereocenters. The van der Waals surface area contributed by atoms with Gasteiger partial charge in [0.15, 0.2) is 0 Å². The lowest BCUT2D eigenvalue weighted by molar-refractivity contribution is -0.138. The molecule has 0 aliphatic rings. The number of carbonyl (C=O) groups is 1. The minimum Gasteiger partial charge on any atom is -0.481 e. The third-order valence-corrected chi connectivity index (χ3v) is 4.72. The maximum absolute atomic E-state index is 12.2. The van der Waals surface area contributed by atoms with E-state index in [1.165, 1.54) is 12.1 Å². The molecule has 5 nitrogen and oxygen atoms in total. The molecule has 0 saturated carbocycles. The molecule has 2 aromatic rings. The van der Waals surface area contributed by atoms with Gasteiger partial charge in [-0.1, -0.05) is 37.3 Å². The fourth-order valence-corrected chi connectivity index (χ4v) is 3.23. The van der Waals surface area contributed by atoms with Crippen LogP contribution >= 0.6 is 0 Å². The van der Waals surface area contributed by atoms with Crippen molar-refractivity contribution in [3.05, 3.63) is 60.2 Å². The third kappa shape index (κ3) is 3.65. The van der Waals surface area contributed by atoms with Crippen LogP contribution in [0.2, 0.25) is 0 Å². The first-order valence-electron chi connectivity index (χ1n) is 6.84. The Morgan fingerprint density at radius 3 is 2.18 bits per heavy atom. The zero-order valence-corrected chi connectivity index (χ0v) is 12.9. The summed E-state index contributed by atoms with van der Waals surface area (Å²) in [6.45, 7) is 1.80. The van der Waals surface area contributed by atoms with Gasteiger partial charge in [0.25, 0.3) is 10.0 Å². The summed E-state index contributed by atoms with van der Waals surface area (Å²) in [4.78, 5) is 11.3. The zero-order valence-electron chi connectivity index (χ0n) is 12.1. The van der Waals surface area contributed by atoms with Crippen molar-refractivity contribution < 1.29 is 18.3 Å². The Balaban J connectivity index is 2.20. The molecular weight excluding hydrogens is 302 g/mol. The Kier molecular flexibility index (Phi) is 4.82. The van der Waals surface area contributed by atoms with Crippen LogP contribution in [0.3, 0.4) is 0 Å². The van der Waals surface area contributed by atoms with E-state index in [-0.39, 0.29) is 4.90 Å². The maximum atomic E-state index is 12.2. The first-order chi connectivity index (χ1) is 10.4. The summed E-state index contributed by atoms with van der Waals surface area (Å²) >= 11 is 0. The molecule has 0 amide bonds. The summed E-state index contributed by atoms with van der Waals surface area (Å²) in [5, 5.41) is 9.12. The van der Waals surface area contributed by atoms with E-state index < -0.39 is 21.9 Å². The Bertz CT molecular complexity index is 739. The number of carboxylic acid groups (broad SMARTS) is 1. The minimum absolute atomic E-state index is 0.177. The lowest BCUT2D eigenvalue weighted by atomic mass is 9.97. The highest BCUT2D eigenvalue weighted by Gasteiger charge is 2.18. The summed E-state index contributed by atoms with van der Waals surface area (Å²) in [5.41, 5.74) is 1.05. The largest absolute Gasteiger partial charge is 0.481 e. The van der Waals surface area contributed by atoms with Crippen LogP contribution in [0.15, 0.2) is 59.5 Å². The molecule has 0 bridgehead atoms. The first-order valence-corrected chi connectivity index (χ1v) is 8.33. The third-order valence-electron chi connectivity index (χ3n) is 3.33. The van der Waals surface area contributed by atoms with E-state index in [2.05, 4.69) is 4.72 Å². The van der Waals surface area contributed by atoms with E-state index in [0.717, 1.165) is 0 Å². The Labute approximate surface area is 129 Å². The van der Waals surface area contributed by atoms with Crippen molar-refractivity contribution in [2.75, 3.05) is 4.72 Å². The van der Waals surface area contributed by atoms with Gasteiger partial charge in [0, 0.05) is 5.69 Å². The van der Waals surface area contributed by atoms with Crippen LogP contribution in [0.5, 0.6) is 0 Å². The number of hydrogen-bond acceptors (Lipinski definition) is 3. The molecular formula is C16H17NO4S. The molecule has 6 heteroatoms. The molecule has 0 saturated heterocycles. The number of anilines is 1. The molecule has 116 valence electrons. The normalized spacial score (nSPS) is 12.6. The second-order valence-corrected chi connectivity index (χ2v) is 6.52. The highest BCUT2D eigenvalue weighted by molar-refractivity contribution is 7.92. The zero-order chi connectivity index (χ0) is 16.2. The van der Waals surface area contributed by atoms with E-state index in [1.54, 1.807) is 49.4 Å². The smallest absolute Gasteiger partial charge is 0.310 e. The lowest BCUT2D eigenvalue weighted by Crippen LogP contribution is -2.13. The van der Waals surface area contributed by atoms with Gasteiger partial charge in [0.05, 0.1) is 10.8 Å². The second kappa shape index (κ2) is 6.62. The average Bonchev–Trinajstić information content (AvgIpc) is 2.50. The summed E-state index contributed by atoms with van der Waals surface area (Å²) in [6.07, 6.45) is 0.477. The monoisotopic (exact) mass is 319 g/mol. The van der Waals surface area contributed by atoms with Gasteiger partial charge < -0.3 is 5.11 Å². The number of benzene rings is 2. The van der Waals surface area contributed by atoms with Gasteiger partial charge in [0.2, 0.25) is 0 Å². The van der Waals surface area contributed by atoms with E-state index >= 15 is 0 Å². The molecule has 0 heterocycles. The number of nitrogens with one attached hydrogen (secondary N) is 1. The highest BCUT2D eigenvalue weighted by atomic mass is 32.2. The number of hydrogen-bond donors (Lipinski definition) is 2. The van der Waals surface area contributed by atoms with Crippen molar-refractivity contribution in [1.29, 1.82) is 0 Å². The van der Waals surface area contributed by atoms with Crippen molar-refractivity contribution in [1.82, 2.24) is 0 Å². The fourth-order valence-electron chi connectivity index (χ4n) is 2.15. The number of carboxylic acids is 1. The molecule has 0 aromatic heterocycles. The predicted molar refractivity (Wildman–Crippen MR) is 84.4 cm³/mol. The van der Waals surface area contributed by atoms with Crippen molar-refractivity contribution in [2.24, 2.45) is 0 Å². The molecule has 0 fully saturated rings. The van der Waals surface area contributed by atoms with Gasteiger partial charge in [-0.2, -0.15) is 0 Å². The number of sulfonamides is 1. The van der Waals surface area contributed by atoms with Gasteiger partial charge in [-0.3, -0.25) is 9.52 Å². The molecule has 0 aliphatic heterocycles. The molecule has 22 heavy (non-hydrogen) atoms. The summed E-state index contributed by atoms with van der Waals surface area (Å²) in [6, 6.07) is 14.5. The summed E-state index contributed by atoms with van der Waals surface area (Å²) in [7, 11) is -3.63. The topological polar surface area (TPSA) is 83.5 Å². The maximum Gasteiger partial charge on any atom is 0.310 e. The van der Waals surface area contributed by atoms with Crippen LogP contribution in [0.4, 0.5) is 5.69 Å². The molecule has 0 aliphatic carbocycles. The van der Waals surface area contributed by atoms with Crippen LogP contribution in [-0.2, 0) is 14.8 Å². The molecule has 0 radical (unpaired) electrons. The van der Waals surface area contributed by atoms with Gasteiger partial charge in [0.1, 0.15) is 0 Å². The van der Waals surface area contributed by atoms with E-state index in [0.29, 0.717) is 17.7 Å². The van der Waals surface area contributed by atoms with E-state index in [9.17, 15) is 13.2 Å². The van der Waals surface area contributed by atoms with Crippen LogP contribution < -0.4 is 4.72 Å². The Morgan fingerprint density at radius 1 is 1.09 bits per heavy atom. The average molecular weight is 319 g/mol. The summed E-state index contributed by atoms with van der Waals surface area (Å²) in [5.74, 6) is -1.47. The first kappa shape index (κ1) is 16.0. The van der Waals surface area contributed by atoms with E-state index in [4.69, 9.17) is 5.11 Å². The van der Waals surface area contributed by atoms with Gasteiger partial charge in [-0.05, 0) is 36.2 Å². The minimum atomic E-state index is -3.63. The van der Waals surface area contributed by atoms with Gasteiger partial charge >= 0.3 is 5.97 Å². The molecule has 2 N–H and O–H groups in total. The molecule has 2 rings (SSSR count). The van der Waals surface area contributed by atoms with Crippen LogP contribution in [0, 0.1) is 0 Å². The molecule has 0 spiro atoms. The van der Waals surface area contributed by atoms with Crippen molar-refractivity contribution in [3.63, 3.8) is 0 Å². The van der Waals surface area contributed by atoms with Crippen LogP contribution in [0.1, 0.15) is 24.8 Å². The summed E-state index contributed by atoms with van der Waals surface area (Å²) < 4.78 is 26.8. The molecule has 1 atom stereocenters. The Morgan fingerprint density at radius 2 is 1.68 bits per heavy atom. The second-order valence-electron chi connectivity index (χ2n) is 4.84. The standard InChI is InChI=1S/C16H17NO4S/c1-2-15(16(18)19)12-8-10-13(11-9-12)17-22(20,21)14-6-4-3-5-7-14/h3-11,15,17H,2H2,1H3,(H,18,19). The fraction of sp³-hybridized carbons (Fsp3) is 0.188. The SMILES string of the molecule is CCC(C(=O)O)c1ccc(NS(=O)(=O)c2ccccc2)cc1. The lowest BCUT2D eigenvalue weighted by Gasteiger charge is -2.12. The number of rotatable bonds is 6.